The highest BCUT2D eigenvalue weighted by Crippen LogP contribution is 2.48. The van der Waals surface area contributed by atoms with Crippen LogP contribution < -0.4 is 0 Å². The van der Waals surface area contributed by atoms with Crippen molar-refractivity contribution >= 4 is 11.3 Å². The number of thiazole rings is 1. The fourth-order valence-electron chi connectivity index (χ4n) is 2.97. The Morgan fingerprint density at radius 3 is 2.83 bits per heavy atom. The summed E-state index contributed by atoms with van der Waals surface area (Å²) < 4.78 is 0. The number of nitrogens with zero attached hydrogens (tertiary/aromatic N) is 2. The molecule has 0 aromatic carbocycles. The van der Waals surface area contributed by atoms with Crippen LogP contribution in [0.15, 0.2) is 11.7 Å². The second-order valence-corrected chi connectivity index (χ2v) is 6.22. The molecule has 0 saturated heterocycles. The molecular formula is C14H20N2OS. The van der Waals surface area contributed by atoms with E-state index in [4.69, 9.17) is 0 Å². The molecule has 1 saturated carbocycles. The molecule has 1 aliphatic carbocycles. The largest absolute Gasteiger partial charge is 0.386 e. The van der Waals surface area contributed by atoms with E-state index in [-0.39, 0.29) is 0 Å². The molecule has 4 heteroatoms. The van der Waals surface area contributed by atoms with E-state index in [1.165, 1.54) is 24.2 Å². The van der Waals surface area contributed by atoms with Gasteiger partial charge in [-0.2, -0.15) is 5.26 Å². The molecule has 1 aliphatic rings. The predicted octanol–water partition coefficient (Wildman–Crippen LogP) is 3.68. The van der Waals surface area contributed by atoms with Crippen LogP contribution in [0, 0.1) is 22.7 Å². The summed E-state index contributed by atoms with van der Waals surface area (Å²) in [6, 6.07) is 2.40. The van der Waals surface area contributed by atoms with E-state index < -0.39 is 11.5 Å². The average Bonchev–Trinajstić information content (AvgIpc) is 2.93. The van der Waals surface area contributed by atoms with Crippen molar-refractivity contribution in [1.82, 2.24) is 4.98 Å². The lowest BCUT2D eigenvalue weighted by Gasteiger charge is -2.37. The topological polar surface area (TPSA) is 56.9 Å². The third-order valence-corrected chi connectivity index (χ3v) is 4.99. The van der Waals surface area contributed by atoms with Crippen molar-refractivity contribution in [2.45, 2.75) is 51.6 Å². The van der Waals surface area contributed by atoms with E-state index in [0.29, 0.717) is 0 Å². The van der Waals surface area contributed by atoms with Gasteiger partial charge in [0, 0.05) is 6.20 Å². The van der Waals surface area contributed by atoms with Crippen molar-refractivity contribution in [2.75, 3.05) is 0 Å². The van der Waals surface area contributed by atoms with Crippen LogP contribution in [0.25, 0.3) is 0 Å². The third kappa shape index (κ3) is 2.57. The molecule has 0 radical (unpaired) electrons. The summed E-state index contributed by atoms with van der Waals surface area (Å²) in [4.78, 5) is 4.82. The Bertz CT molecular complexity index is 402. The van der Waals surface area contributed by atoms with Crippen LogP contribution in [0.2, 0.25) is 0 Å². The Morgan fingerprint density at radius 2 is 2.33 bits per heavy atom. The summed E-state index contributed by atoms with van der Waals surface area (Å²) in [5.41, 5.74) is 1.13. The van der Waals surface area contributed by atoms with Gasteiger partial charge in [0.25, 0.3) is 0 Å². The molecule has 0 spiro atoms. The number of aliphatic hydroxyl groups is 1. The maximum atomic E-state index is 10.4. The molecule has 1 aromatic rings. The normalized spacial score (nSPS) is 29.7. The lowest BCUT2D eigenvalue weighted by Crippen LogP contribution is -2.32. The van der Waals surface area contributed by atoms with E-state index in [2.05, 4.69) is 18.0 Å². The molecule has 1 unspecified atom stereocenters. The van der Waals surface area contributed by atoms with Gasteiger partial charge in [-0.1, -0.05) is 19.8 Å². The first-order chi connectivity index (χ1) is 8.72. The first kappa shape index (κ1) is 13.5. The zero-order chi connectivity index (χ0) is 13.0. The van der Waals surface area contributed by atoms with Crippen molar-refractivity contribution in [3.63, 3.8) is 0 Å². The van der Waals surface area contributed by atoms with Crippen LogP contribution in [0.1, 0.15) is 56.4 Å². The van der Waals surface area contributed by atoms with E-state index in [0.717, 1.165) is 36.5 Å². The Balaban J connectivity index is 2.07. The van der Waals surface area contributed by atoms with Crippen molar-refractivity contribution in [2.24, 2.45) is 11.3 Å². The number of hydrogen-bond donors (Lipinski definition) is 1. The van der Waals surface area contributed by atoms with Crippen LogP contribution in [0.5, 0.6) is 0 Å². The van der Waals surface area contributed by atoms with Gasteiger partial charge >= 0.3 is 0 Å². The average molecular weight is 264 g/mol. The Labute approximate surface area is 112 Å². The molecule has 1 heterocycles. The quantitative estimate of drug-likeness (QED) is 0.902. The smallest absolute Gasteiger partial charge is 0.108 e. The van der Waals surface area contributed by atoms with Gasteiger partial charge in [-0.3, -0.25) is 4.98 Å². The van der Waals surface area contributed by atoms with Crippen LogP contribution in [-0.4, -0.2) is 10.1 Å². The molecule has 1 N–H and O–H groups in total. The third-order valence-electron chi connectivity index (χ3n) is 4.16. The lowest BCUT2D eigenvalue weighted by atomic mass is 9.67. The van der Waals surface area contributed by atoms with Gasteiger partial charge in [-0.05, 0) is 31.6 Å². The summed E-state index contributed by atoms with van der Waals surface area (Å²) in [5, 5.41) is 19.9. The number of aliphatic hydroxyl groups excluding tert-OH is 1. The van der Waals surface area contributed by atoms with Crippen LogP contribution in [0.4, 0.5) is 0 Å². The Kier molecular flexibility index (Phi) is 4.36. The monoisotopic (exact) mass is 264 g/mol. The number of aromatic nitrogens is 1. The fraction of sp³-hybridized carbons (Fsp3) is 0.714. The molecule has 98 valence electrons. The number of hydrogen-bond acceptors (Lipinski definition) is 4. The van der Waals surface area contributed by atoms with Crippen LogP contribution >= 0.6 is 11.3 Å². The van der Waals surface area contributed by atoms with Gasteiger partial charge in [0.05, 0.1) is 21.9 Å². The maximum Gasteiger partial charge on any atom is 0.108 e. The maximum absolute atomic E-state index is 10.4. The molecule has 18 heavy (non-hydrogen) atoms. The zero-order valence-electron chi connectivity index (χ0n) is 10.8. The minimum absolute atomic E-state index is 0.587. The molecule has 2 rings (SSSR count). The van der Waals surface area contributed by atoms with Crippen molar-refractivity contribution < 1.29 is 5.11 Å². The molecular weight excluding hydrogens is 244 g/mol. The van der Waals surface area contributed by atoms with Crippen molar-refractivity contribution in [3.8, 4) is 6.07 Å². The standard InChI is InChI=1S/C14H20N2OS/c1-2-3-11-4-6-14(9-15,7-5-11)13(17)12-8-16-10-18-12/h8,10-11,13,17H,2-7H2,1H3. The van der Waals surface area contributed by atoms with Crippen LogP contribution in [0.3, 0.4) is 0 Å². The predicted molar refractivity (Wildman–Crippen MR) is 72.0 cm³/mol. The van der Waals surface area contributed by atoms with Gasteiger partial charge in [0.2, 0.25) is 0 Å². The zero-order valence-corrected chi connectivity index (χ0v) is 11.6. The first-order valence-electron chi connectivity index (χ1n) is 6.69. The molecule has 1 atom stereocenters. The highest BCUT2D eigenvalue weighted by Gasteiger charge is 2.42. The molecule has 0 aliphatic heterocycles. The molecule has 0 bridgehead atoms. The highest BCUT2D eigenvalue weighted by atomic mass is 32.1. The van der Waals surface area contributed by atoms with E-state index in [9.17, 15) is 10.4 Å². The highest BCUT2D eigenvalue weighted by molar-refractivity contribution is 7.09. The Morgan fingerprint density at radius 1 is 1.61 bits per heavy atom. The second-order valence-electron chi connectivity index (χ2n) is 5.31. The van der Waals surface area contributed by atoms with Crippen molar-refractivity contribution in [3.05, 3.63) is 16.6 Å². The van der Waals surface area contributed by atoms with E-state index in [1.807, 2.05) is 0 Å². The molecule has 1 fully saturated rings. The SMILES string of the molecule is CCCC1CCC(C#N)(C(O)c2cncs2)CC1. The van der Waals surface area contributed by atoms with Gasteiger partial charge in [0.1, 0.15) is 6.10 Å². The molecule has 3 nitrogen and oxygen atoms in total. The number of nitriles is 1. The second kappa shape index (κ2) is 5.81. The molecule has 0 amide bonds. The van der Waals surface area contributed by atoms with Gasteiger partial charge in [-0.25, -0.2) is 0 Å². The van der Waals surface area contributed by atoms with Gasteiger partial charge < -0.3 is 5.11 Å². The van der Waals surface area contributed by atoms with Crippen molar-refractivity contribution in [1.29, 1.82) is 5.26 Å². The molecule has 1 aromatic heterocycles. The summed E-state index contributed by atoms with van der Waals surface area (Å²) in [5.74, 6) is 0.741. The van der Waals surface area contributed by atoms with Gasteiger partial charge in [-0.15, -0.1) is 11.3 Å². The fourth-order valence-corrected chi connectivity index (χ4v) is 3.69. The summed E-state index contributed by atoms with van der Waals surface area (Å²) in [7, 11) is 0. The Hall–Kier alpha value is -0.920. The van der Waals surface area contributed by atoms with Gasteiger partial charge in [0.15, 0.2) is 0 Å². The summed E-state index contributed by atoms with van der Waals surface area (Å²) in [6.45, 7) is 2.21. The minimum Gasteiger partial charge on any atom is -0.386 e. The number of rotatable bonds is 4. The van der Waals surface area contributed by atoms with E-state index >= 15 is 0 Å². The first-order valence-corrected chi connectivity index (χ1v) is 7.57. The summed E-state index contributed by atoms with van der Waals surface area (Å²) >= 11 is 1.44. The van der Waals surface area contributed by atoms with Crippen LogP contribution in [-0.2, 0) is 0 Å². The lowest BCUT2D eigenvalue weighted by molar-refractivity contribution is 0.0260. The summed E-state index contributed by atoms with van der Waals surface area (Å²) in [6.07, 6.45) is 7.24. The van der Waals surface area contributed by atoms with E-state index in [1.54, 1.807) is 11.7 Å². The minimum atomic E-state index is -0.669.